The highest BCUT2D eigenvalue weighted by Gasteiger charge is 2.14. The molecular formula is C7H11NO2. The summed E-state index contributed by atoms with van der Waals surface area (Å²) in [6.07, 6.45) is 7.02. The second kappa shape index (κ2) is 3.34. The normalized spacial score (nSPS) is 24.6. The minimum Gasteiger partial charge on any atom is -0.265 e. The molecule has 10 heavy (non-hydrogen) atoms. The zero-order valence-corrected chi connectivity index (χ0v) is 5.82. The highest BCUT2D eigenvalue weighted by Crippen LogP contribution is 2.17. The zero-order valence-electron chi connectivity index (χ0n) is 5.82. The fourth-order valence-electron chi connectivity index (χ4n) is 1.23. The molecule has 1 aliphatic carbocycles. The first-order valence-corrected chi connectivity index (χ1v) is 3.56. The molecule has 0 saturated carbocycles. The summed E-state index contributed by atoms with van der Waals surface area (Å²) < 4.78 is 0. The highest BCUT2D eigenvalue weighted by atomic mass is 16.6. The standard InChI is InChI=1S/C7H11NO2/c9-8(10)6-7-4-2-1-3-5-7/h1-2,7H,3-6H2. The van der Waals surface area contributed by atoms with E-state index >= 15 is 0 Å². The van der Waals surface area contributed by atoms with Crippen molar-refractivity contribution >= 4 is 0 Å². The van der Waals surface area contributed by atoms with Gasteiger partial charge >= 0.3 is 0 Å². The van der Waals surface area contributed by atoms with Crippen molar-refractivity contribution in [1.82, 2.24) is 0 Å². The van der Waals surface area contributed by atoms with E-state index in [-0.39, 0.29) is 11.5 Å². The molecule has 0 aliphatic heterocycles. The molecule has 0 bridgehead atoms. The van der Waals surface area contributed by atoms with E-state index in [0.29, 0.717) is 5.92 Å². The van der Waals surface area contributed by atoms with Gasteiger partial charge in [0.2, 0.25) is 6.54 Å². The fraction of sp³-hybridized carbons (Fsp3) is 0.714. The van der Waals surface area contributed by atoms with Gasteiger partial charge in [-0.15, -0.1) is 0 Å². The van der Waals surface area contributed by atoms with Gasteiger partial charge in [0.05, 0.1) is 0 Å². The molecule has 0 aromatic rings. The van der Waals surface area contributed by atoms with Gasteiger partial charge in [-0.3, -0.25) is 10.1 Å². The van der Waals surface area contributed by atoms with Crippen LogP contribution in [-0.4, -0.2) is 11.5 Å². The summed E-state index contributed by atoms with van der Waals surface area (Å²) in [4.78, 5) is 9.83. The number of hydrogen-bond acceptors (Lipinski definition) is 2. The summed E-state index contributed by atoms with van der Waals surface area (Å²) >= 11 is 0. The van der Waals surface area contributed by atoms with Crippen molar-refractivity contribution in [3.05, 3.63) is 22.3 Å². The van der Waals surface area contributed by atoms with Gasteiger partial charge in [-0.2, -0.15) is 0 Å². The Bertz CT molecular complexity index is 154. The van der Waals surface area contributed by atoms with E-state index in [0.717, 1.165) is 19.3 Å². The molecule has 0 fully saturated rings. The number of rotatable bonds is 2. The average molecular weight is 141 g/mol. The maximum absolute atomic E-state index is 10.0. The minimum absolute atomic E-state index is 0.143. The molecule has 0 N–H and O–H groups in total. The first-order valence-electron chi connectivity index (χ1n) is 3.56. The smallest absolute Gasteiger partial charge is 0.206 e. The van der Waals surface area contributed by atoms with Crippen LogP contribution in [0.5, 0.6) is 0 Å². The van der Waals surface area contributed by atoms with E-state index in [4.69, 9.17) is 0 Å². The lowest BCUT2D eigenvalue weighted by Crippen LogP contribution is -2.14. The Balaban J connectivity index is 2.28. The Kier molecular flexibility index (Phi) is 2.42. The van der Waals surface area contributed by atoms with E-state index in [1.807, 2.05) is 6.08 Å². The van der Waals surface area contributed by atoms with Crippen LogP contribution in [0.4, 0.5) is 0 Å². The topological polar surface area (TPSA) is 43.1 Å². The lowest BCUT2D eigenvalue weighted by atomic mass is 9.95. The van der Waals surface area contributed by atoms with Crippen LogP contribution in [-0.2, 0) is 0 Å². The van der Waals surface area contributed by atoms with Gasteiger partial charge in [0, 0.05) is 10.8 Å². The zero-order chi connectivity index (χ0) is 7.40. The van der Waals surface area contributed by atoms with Crippen molar-refractivity contribution in [2.45, 2.75) is 19.3 Å². The molecule has 0 radical (unpaired) electrons. The fourth-order valence-corrected chi connectivity index (χ4v) is 1.23. The van der Waals surface area contributed by atoms with Crippen molar-refractivity contribution in [3.63, 3.8) is 0 Å². The van der Waals surface area contributed by atoms with E-state index in [1.165, 1.54) is 0 Å². The van der Waals surface area contributed by atoms with Gasteiger partial charge < -0.3 is 0 Å². The average Bonchev–Trinajstić information content (AvgIpc) is 1.88. The largest absolute Gasteiger partial charge is 0.265 e. The third-order valence-corrected chi connectivity index (χ3v) is 1.78. The third-order valence-electron chi connectivity index (χ3n) is 1.78. The van der Waals surface area contributed by atoms with Gasteiger partial charge in [-0.05, 0) is 19.3 Å². The molecule has 3 nitrogen and oxygen atoms in total. The summed E-state index contributed by atoms with van der Waals surface area (Å²) in [5, 5.41) is 10.0. The molecule has 0 aromatic heterocycles. The molecule has 1 aliphatic rings. The Morgan fingerprint density at radius 2 is 2.40 bits per heavy atom. The second-order valence-corrected chi connectivity index (χ2v) is 2.67. The van der Waals surface area contributed by atoms with Gasteiger partial charge in [0.15, 0.2) is 0 Å². The van der Waals surface area contributed by atoms with Crippen LogP contribution in [0.1, 0.15) is 19.3 Å². The van der Waals surface area contributed by atoms with E-state index in [2.05, 4.69) is 6.08 Å². The van der Waals surface area contributed by atoms with Crippen LogP contribution < -0.4 is 0 Å². The van der Waals surface area contributed by atoms with Crippen LogP contribution in [0.3, 0.4) is 0 Å². The summed E-state index contributed by atoms with van der Waals surface area (Å²) in [7, 11) is 0. The van der Waals surface area contributed by atoms with Gasteiger partial charge in [0.1, 0.15) is 0 Å². The Hall–Kier alpha value is -0.860. The van der Waals surface area contributed by atoms with Crippen LogP contribution in [0.2, 0.25) is 0 Å². The predicted molar refractivity (Wildman–Crippen MR) is 38.3 cm³/mol. The lowest BCUT2D eigenvalue weighted by Gasteiger charge is -2.11. The van der Waals surface area contributed by atoms with Crippen molar-refractivity contribution in [3.8, 4) is 0 Å². The maximum Gasteiger partial charge on any atom is 0.206 e. The Morgan fingerprint density at radius 3 is 2.90 bits per heavy atom. The first-order chi connectivity index (χ1) is 4.79. The van der Waals surface area contributed by atoms with Crippen molar-refractivity contribution in [2.24, 2.45) is 5.92 Å². The molecule has 0 amide bonds. The van der Waals surface area contributed by atoms with E-state index in [9.17, 15) is 10.1 Å². The first kappa shape index (κ1) is 7.25. The molecule has 1 rings (SSSR count). The van der Waals surface area contributed by atoms with E-state index < -0.39 is 0 Å². The molecule has 0 aromatic carbocycles. The van der Waals surface area contributed by atoms with Crippen molar-refractivity contribution < 1.29 is 4.92 Å². The summed E-state index contributed by atoms with van der Waals surface area (Å²) in [5.74, 6) is 0.292. The van der Waals surface area contributed by atoms with Gasteiger partial charge in [-0.25, -0.2) is 0 Å². The van der Waals surface area contributed by atoms with Crippen LogP contribution in [0.15, 0.2) is 12.2 Å². The van der Waals surface area contributed by atoms with Crippen molar-refractivity contribution in [2.75, 3.05) is 6.54 Å². The number of nitro groups is 1. The molecule has 56 valence electrons. The highest BCUT2D eigenvalue weighted by molar-refractivity contribution is 4.89. The van der Waals surface area contributed by atoms with Crippen LogP contribution in [0, 0.1) is 16.0 Å². The summed E-state index contributed by atoms with van der Waals surface area (Å²) in [5.41, 5.74) is 0. The molecular weight excluding hydrogens is 130 g/mol. The molecule has 3 heteroatoms. The van der Waals surface area contributed by atoms with Gasteiger partial charge in [0.25, 0.3) is 0 Å². The summed E-state index contributed by atoms with van der Waals surface area (Å²) in [6, 6.07) is 0. The molecule has 0 saturated heterocycles. The van der Waals surface area contributed by atoms with Crippen LogP contribution >= 0.6 is 0 Å². The molecule has 1 atom stereocenters. The van der Waals surface area contributed by atoms with Crippen molar-refractivity contribution in [1.29, 1.82) is 0 Å². The van der Waals surface area contributed by atoms with E-state index in [1.54, 1.807) is 0 Å². The summed E-state index contributed by atoms with van der Waals surface area (Å²) in [6.45, 7) is 0.143. The monoisotopic (exact) mass is 141 g/mol. The Labute approximate surface area is 59.9 Å². The van der Waals surface area contributed by atoms with Crippen LogP contribution in [0.25, 0.3) is 0 Å². The molecule has 0 heterocycles. The number of allylic oxidation sites excluding steroid dienone is 2. The predicted octanol–water partition coefficient (Wildman–Crippen LogP) is 1.62. The third kappa shape index (κ3) is 2.17. The maximum atomic E-state index is 10.0. The number of hydrogen-bond donors (Lipinski definition) is 0. The Morgan fingerprint density at radius 1 is 1.60 bits per heavy atom. The SMILES string of the molecule is O=[N+]([O-])CC1CC=CCC1. The number of nitrogens with zero attached hydrogens (tertiary/aromatic N) is 1. The lowest BCUT2D eigenvalue weighted by molar-refractivity contribution is -0.488. The second-order valence-electron chi connectivity index (χ2n) is 2.67. The minimum atomic E-state index is -0.218. The molecule has 0 spiro atoms. The molecule has 1 unspecified atom stereocenters. The van der Waals surface area contributed by atoms with Gasteiger partial charge in [-0.1, -0.05) is 12.2 Å². The quantitative estimate of drug-likeness (QED) is 0.333.